The molecule has 0 unspecified atom stereocenters. The lowest BCUT2D eigenvalue weighted by Gasteiger charge is -2.30. The van der Waals surface area contributed by atoms with Crippen LogP contribution in [0.1, 0.15) is 46.8 Å². The number of hydrazone groups is 1. The second-order valence-corrected chi connectivity index (χ2v) is 11.0. The summed E-state index contributed by atoms with van der Waals surface area (Å²) in [4.78, 5) is 49.1. The normalized spacial score (nSPS) is 20.4. The van der Waals surface area contributed by atoms with E-state index in [0.29, 0.717) is 56.1 Å². The largest absolute Gasteiger partial charge is 0.378 e. The summed E-state index contributed by atoms with van der Waals surface area (Å²) in [6.45, 7) is 1.86. The van der Waals surface area contributed by atoms with Crippen molar-refractivity contribution in [2.45, 2.75) is 25.3 Å². The molecule has 14 nitrogen and oxygen atoms in total. The predicted molar refractivity (Wildman–Crippen MR) is 164 cm³/mol. The lowest BCUT2D eigenvalue weighted by Crippen LogP contribution is -2.36. The van der Waals surface area contributed by atoms with Crippen molar-refractivity contribution in [1.29, 1.82) is 0 Å². The Morgan fingerprint density at radius 1 is 0.867 bits per heavy atom. The molecule has 2 fully saturated rings. The third-order valence-corrected chi connectivity index (χ3v) is 8.37. The number of allylic oxidation sites excluding steroid dienone is 1. The van der Waals surface area contributed by atoms with Crippen LogP contribution in [-0.2, 0) is 4.74 Å². The molecule has 0 radical (unpaired) electrons. The SMILES string of the molecule is O=C(c1ccc(N2CCOCC2)c([N+](=O)[O-])c1)N1N=C2/C(=C\c3ccc([N+](=O)[O-])cc3)CCC[C@@H]2[C@@H]1c1ccc([N+](=O)[O-])cc1. The monoisotopic (exact) mass is 612 g/mol. The van der Waals surface area contributed by atoms with Gasteiger partial charge in [0, 0.05) is 54.9 Å². The topological polar surface area (TPSA) is 175 Å². The maximum Gasteiger partial charge on any atom is 0.293 e. The molecule has 1 saturated heterocycles. The van der Waals surface area contributed by atoms with Crippen LogP contribution in [0.3, 0.4) is 0 Å². The number of carbonyl (C=O) groups is 1. The minimum atomic E-state index is -0.605. The van der Waals surface area contributed by atoms with Crippen molar-refractivity contribution < 1.29 is 24.3 Å². The third kappa shape index (κ3) is 5.87. The third-order valence-electron chi connectivity index (χ3n) is 8.37. The van der Waals surface area contributed by atoms with E-state index in [9.17, 15) is 35.1 Å². The van der Waals surface area contributed by atoms with Crippen LogP contribution in [0.2, 0.25) is 0 Å². The molecule has 0 aromatic heterocycles. The molecule has 1 aliphatic carbocycles. The molecule has 1 saturated carbocycles. The van der Waals surface area contributed by atoms with Crippen LogP contribution in [-0.4, -0.2) is 57.7 Å². The standard InChI is InChI=1S/C31H28N6O8/c38-31(23-8-13-27(28(19-23)37(43)44)33-14-16-45-17-15-33)34-30(21-6-11-25(12-7-21)36(41)42)26-3-1-2-22(29(26)32-34)18-20-4-9-24(10-5-20)35(39)40/h4-13,18-19,26,30H,1-3,14-17H2/b22-18-/t26-,30-/m0/s1. The second-order valence-electron chi connectivity index (χ2n) is 11.0. The summed E-state index contributed by atoms with van der Waals surface area (Å²) in [5.41, 5.74) is 3.12. The van der Waals surface area contributed by atoms with E-state index < -0.39 is 26.7 Å². The van der Waals surface area contributed by atoms with Gasteiger partial charge in [0.25, 0.3) is 23.0 Å². The zero-order valence-corrected chi connectivity index (χ0v) is 24.0. The van der Waals surface area contributed by atoms with Crippen LogP contribution in [0.25, 0.3) is 6.08 Å². The van der Waals surface area contributed by atoms with Gasteiger partial charge in [-0.1, -0.05) is 12.1 Å². The van der Waals surface area contributed by atoms with Crippen molar-refractivity contribution in [2.24, 2.45) is 11.0 Å². The molecule has 6 rings (SSSR count). The first-order chi connectivity index (χ1) is 21.7. The second kappa shape index (κ2) is 12.2. The highest BCUT2D eigenvalue weighted by molar-refractivity contribution is 6.09. The highest BCUT2D eigenvalue weighted by atomic mass is 16.6. The Labute approximate surface area is 256 Å². The van der Waals surface area contributed by atoms with Crippen molar-refractivity contribution in [3.8, 4) is 0 Å². The molecule has 3 aromatic carbocycles. The zero-order valence-electron chi connectivity index (χ0n) is 24.0. The predicted octanol–water partition coefficient (Wildman–Crippen LogP) is 5.68. The summed E-state index contributed by atoms with van der Waals surface area (Å²) >= 11 is 0. The maximum atomic E-state index is 14.1. The van der Waals surface area contributed by atoms with Gasteiger partial charge in [-0.25, -0.2) is 5.01 Å². The van der Waals surface area contributed by atoms with Crippen molar-refractivity contribution in [1.82, 2.24) is 5.01 Å². The fourth-order valence-electron chi connectivity index (χ4n) is 6.19. The Morgan fingerprint density at radius 2 is 1.51 bits per heavy atom. The van der Waals surface area contributed by atoms with Crippen molar-refractivity contribution >= 4 is 40.4 Å². The zero-order chi connectivity index (χ0) is 31.7. The Bertz CT molecular complexity index is 1730. The molecule has 0 N–H and O–H groups in total. The Kier molecular flexibility index (Phi) is 8.04. The van der Waals surface area contributed by atoms with Gasteiger partial charge in [0.05, 0.1) is 39.7 Å². The Hall–Kier alpha value is -5.50. The van der Waals surface area contributed by atoms with Gasteiger partial charge in [0.2, 0.25) is 0 Å². The van der Waals surface area contributed by atoms with E-state index in [0.717, 1.165) is 17.6 Å². The van der Waals surface area contributed by atoms with Crippen LogP contribution in [0.5, 0.6) is 0 Å². The summed E-state index contributed by atoms with van der Waals surface area (Å²) in [6.07, 6.45) is 4.05. The van der Waals surface area contributed by atoms with Crippen molar-refractivity contribution in [3.05, 3.63) is 119 Å². The molecule has 45 heavy (non-hydrogen) atoms. The van der Waals surface area contributed by atoms with E-state index in [2.05, 4.69) is 0 Å². The minimum Gasteiger partial charge on any atom is -0.378 e. The van der Waals surface area contributed by atoms with Crippen molar-refractivity contribution in [3.63, 3.8) is 0 Å². The number of non-ortho nitro benzene ring substituents is 2. The van der Waals surface area contributed by atoms with E-state index in [1.54, 1.807) is 36.4 Å². The number of rotatable bonds is 7. The van der Waals surface area contributed by atoms with Gasteiger partial charge in [-0.3, -0.25) is 35.1 Å². The summed E-state index contributed by atoms with van der Waals surface area (Å²) in [7, 11) is 0. The number of nitrogens with zero attached hydrogens (tertiary/aromatic N) is 6. The Balaban J connectivity index is 1.40. The lowest BCUT2D eigenvalue weighted by atomic mass is 9.77. The average Bonchev–Trinajstić information content (AvgIpc) is 3.45. The van der Waals surface area contributed by atoms with Crippen LogP contribution in [0.15, 0.2) is 77.4 Å². The molecule has 230 valence electrons. The van der Waals surface area contributed by atoms with Gasteiger partial charge in [-0.15, -0.1) is 0 Å². The summed E-state index contributed by atoms with van der Waals surface area (Å²) in [6, 6.07) is 15.9. The number of anilines is 1. The van der Waals surface area contributed by atoms with Crippen molar-refractivity contribution in [2.75, 3.05) is 31.2 Å². The molecule has 2 heterocycles. The molecule has 2 aliphatic heterocycles. The number of nitro benzene ring substituents is 3. The Morgan fingerprint density at radius 3 is 2.13 bits per heavy atom. The fraction of sp³-hybridized carbons (Fsp3) is 0.290. The number of benzene rings is 3. The first-order valence-corrected chi connectivity index (χ1v) is 14.4. The van der Waals surface area contributed by atoms with E-state index >= 15 is 0 Å². The van der Waals surface area contributed by atoms with Crippen LogP contribution in [0, 0.1) is 36.3 Å². The molecule has 14 heteroatoms. The number of fused-ring (bicyclic) bond motifs is 1. The molecule has 0 spiro atoms. The molecule has 1 amide bonds. The average molecular weight is 613 g/mol. The van der Waals surface area contributed by atoms with E-state index in [4.69, 9.17) is 9.84 Å². The van der Waals surface area contributed by atoms with Gasteiger partial charge in [0.1, 0.15) is 5.69 Å². The molecular weight excluding hydrogens is 584 g/mol. The van der Waals surface area contributed by atoms with Crippen LogP contribution < -0.4 is 4.90 Å². The number of carbonyl (C=O) groups excluding carboxylic acids is 1. The number of hydrogen-bond acceptors (Lipinski definition) is 10. The van der Waals surface area contributed by atoms with Gasteiger partial charge < -0.3 is 9.64 Å². The molecule has 3 aromatic rings. The fourth-order valence-corrected chi connectivity index (χ4v) is 6.19. The number of hydrogen-bond donors (Lipinski definition) is 0. The molecule has 0 bridgehead atoms. The first-order valence-electron chi connectivity index (χ1n) is 14.4. The first kappa shape index (κ1) is 29.6. The maximum absolute atomic E-state index is 14.1. The van der Waals surface area contributed by atoms with E-state index in [1.807, 2.05) is 11.0 Å². The quantitative estimate of drug-likeness (QED) is 0.240. The molecular formula is C31H28N6O8. The highest BCUT2D eigenvalue weighted by Gasteiger charge is 2.44. The van der Waals surface area contributed by atoms with Gasteiger partial charge in [0.15, 0.2) is 0 Å². The van der Waals surface area contributed by atoms with E-state index in [-0.39, 0.29) is 28.5 Å². The van der Waals surface area contributed by atoms with Crippen LogP contribution >= 0.6 is 0 Å². The van der Waals surface area contributed by atoms with Gasteiger partial charge in [-0.2, -0.15) is 5.10 Å². The highest BCUT2D eigenvalue weighted by Crippen LogP contribution is 2.45. The summed E-state index contributed by atoms with van der Waals surface area (Å²) in [5, 5.41) is 40.7. The number of ether oxygens (including phenoxy) is 1. The summed E-state index contributed by atoms with van der Waals surface area (Å²) < 4.78 is 5.38. The number of nitro groups is 3. The van der Waals surface area contributed by atoms with Crippen LogP contribution in [0.4, 0.5) is 22.7 Å². The lowest BCUT2D eigenvalue weighted by molar-refractivity contribution is -0.385. The van der Waals surface area contributed by atoms with E-state index in [1.165, 1.54) is 35.3 Å². The van der Waals surface area contributed by atoms with Gasteiger partial charge in [-0.05, 0) is 66.3 Å². The minimum absolute atomic E-state index is 0.0272. The smallest absolute Gasteiger partial charge is 0.293 e. The molecule has 3 aliphatic rings. The molecule has 2 atom stereocenters. The van der Waals surface area contributed by atoms with Gasteiger partial charge >= 0.3 is 0 Å². The summed E-state index contributed by atoms with van der Waals surface area (Å²) in [5.74, 6) is -0.775. The number of amides is 1. The number of morpholine rings is 1.